The standard InChI is InChI=1S/C17H18ClN3O2/c1-2-9-19-17(23)12-7-8-16(20-10-12)21-11-15(22)13-5-3-4-6-14(13)18/h2-8,10,15,22H,1,9,11H2,(H,19,23)(H,20,21). The largest absolute Gasteiger partial charge is 0.387 e. The molecule has 0 fully saturated rings. The number of nitrogens with zero attached hydrogens (tertiary/aromatic N) is 1. The van der Waals surface area contributed by atoms with Crippen LogP contribution in [0.4, 0.5) is 5.82 Å². The molecule has 1 aromatic heterocycles. The van der Waals surface area contributed by atoms with Crippen molar-refractivity contribution < 1.29 is 9.90 Å². The Morgan fingerprint density at radius 1 is 1.35 bits per heavy atom. The second kappa shape index (κ2) is 8.31. The molecular weight excluding hydrogens is 314 g/mol. The molecule has 0 aliphatic carbocycles. The number of aromatic nitrogens is 1. The van der Waals surface area contributed by atoms with Crippen molar-refractivity contribution in [3.63, 3.8) is 0 Å². The van der Waals surface area contributed by atoms with E-state index in [0.717, 1.165) is 0 Å². The molecular formula is C17H18ClN3O2. The van der Waals surface area contributed by atoms with Crippen molar-refractivity contribution in [1.82, 2.24) is 10.3 Å². The van der Waals surface area contributed by atoms with Crippen LogP contribution >= 0.6 is 11.6 Å². The SMILES string of the molecule is C=CCNC(=O)c1ccc(NCC(O)c2ccccc2Cl)nc1. The quantitative estimate of drug-likeness (QED) is 0.682. The van der Waals surface area contributed by atoms with E-state index in [-0.39, 0.29) is 12.5 Å². The molecule has 0 radical (unpaired) electrons. The number of amides is 1. The van der Waals surface area contributed by atoms with Crippen LogP contribution in [0.1, 0.15) is 22.0 Å². The number of aliphatic hydroxyl groups is 1. The molecule has 0 aliphatic rings. The van der Waals surface area contributed by atoms with E-state index in [1.165, 1.54) is 6.20 Å². The van der Waals surface area contributed by atoms with Gasteiger partial charge in [0.25, 0.3) is 5.91 Å². The third kappa shape index (κ3) is 4.81. The summed E-state index contributed by atoms with van der Waals surface area (Å²) in [7, 11) is 0. The van der Waals surface area contributed by atoms with Gasteiger partial charge in [-0.15, -0.1) is 6.58 Å². The minimum absolute atomic E-state index is 0.208. The van der Waals surface area contributed by atoms with E-state index in [1.807, 2.05) is 12.1 Å². The molecule has 1 aromatic carbocycles. The number of hydrogen-bond acceptors (Lipinski definition) is 4. The van der Waals surface area contributed by atoms with Crippen molar-refractivity contribution in [3.8, 4) is 0 Å². The van der Waals surface area contributed by atoms with E-state index in [4.69, 9.17) is 11.6 Å². The van der Waals surface area contributed by atoms with Gasteiger partial charge < -0.3 is 15.7 Å². The highest BCUT2D eigenvalue weighted by Gasteiger charge is 2.11. The second-order valence-electron chi connectivity index (χ2n) is 4.85. The molecule has 2 aromatic rings. The van der Waals surface area contributed by atoms with Gasteiger partial charge in [-0.1, -0.05) is 35.9 Å². The summed E-state index contributed by atoms with van der Waals surface area (Å²) in [5.74, 6) is 0.358. The van der Waals surface area contributed by atoms with Crippen LogP contribution in [0.3, 0.4) is 0 Å². The fraction of sp³-hybridized carbons (Fsp3) is 0.176. The van der Waals surface area contributed by atoms with Crippen molar-refractivity contribution in [2.75, 3.05) is 18.4 Å². The van der Waals surface area contributed by atoms with Gasteiger partial charge in [-0.05, 0) is 18.2 Å². The molecule has 23 heavy (non-hydrogen) atoms. The van der Waals surface area contributed by atoms with E-state index in [0.29, 0.717) is 28.5 Å². The third-order valence-corrected chi connectivity index (χ3v) is 3.52. The smallest absolute Gasteiger partial charge is 0.253 e. The molecule has 5 nitrogen and oxygen atoms in total. The Labute approximate surface area is 140 Å². The molecule has 0 bridgehead atoms. The maximum absolute atomic E-state index is 11.7. The average Bonchev–Trinajstić information content (AvgIpc) is 2.58. The number of aliphatic hydroxyl groups excluding tert-OH is 1. The highest BCUT2D eigenvalue weighted by Crippen LogP contribution is 2.22. The van der Waals surface area contributed by atoms with Gasteiger partial charge >= 0.3 is 0 Å². The molecule has 1 amide bonds. The van der Waals surface area contributed by atoms with E-state index in [9.17, 15) is 9.90 Å². The number of rotatable bonds is 7. The van der Waals surface area contributed by atoms with Gasteiger partial charge in [0.05, 0.1) is 11.7 Å². The van der Waals surface area contributed by atoms with Gasteiger partial charge in [-0.2, -0.15) is 0 Å². The summed E-state index contributed by atoms with van der Waals surface area (Å²) in [4.78, 5) is 15.9. The summed E-state index contributed by atoms with van der Waals surface area (Å²) >= 11 is 6.04. The van der Waals surface area contributed by atoms with Crippen LogP contribution in [-0.4, -0.2) is 29.1 Å². The van der Waals surface area contributed by atoms with E-state index < -0.39 is 6.10 Å². The van der Waals surface area contributed by atoms with Crippen molar-refractivity contribution in [2.24, 2.45) is 0 Å². The Morgan fingerprint density at radius 2 is 2.13 bits per heavy atom. The zero-order valence-corrected chi connectivity index (χ0v) is 13.3. The molecule has 0 saturated carbocycles. The van der Waals surface area contributed by atoms with Crippen molar-refractivity contribution >= 4 is 23.3 Å². The number of pyridine rings is 1. The molecule has 1 atom stereocenters. The van der Waals surface area contributed by atoms with Crippen LogP contribution < -0.4 is 10.6 Å². The summed E-state index contributed by atoms with van der Waals surface area (Å²) < 4.78 is 0. The molecule has 1 unspecified atom stereocenters. The minimum Gasteiger partial charge on any atom is -0.387 e. The van der Waals surface area contributed by atoms with E-state index >= 15 is 0 Å². The summed E-state index contributed by atoms with van der Waals surface area (Å²) in [6.07, 6.45) is 2.33. The van der Waals surface area contributed by atoms with Crippen LogP contribution in [0.15, 0.2) is 55.3 Å². The van der Waals surface area contributed by atoms with Crippen LogP contribution in [0.25, 0.3) is 0 Å². The molecule has 1 heterocycles. The predicted octanol–water partition coefficient (Wildman–Crippen LogP) is 2.80. The topological polar surface area (TPSA) is 74.2 Å². The summed E-state index contributed by atoms with van der Waals surface area (Å²) in [5, 5.41) is 16.4. The predicted molar refractivity (Wildman–Crippen MR) is 91.7 cm³/mol. The molecule has 3 N–H and O–H groups in total. The van der Waals surface area contributed by atoms with Crippen LogP contribution in [-0.2, 0) is 0 Å². The Bertz CT molecular complexity index is 674. The first-order valence-electron chi connectivity index (χ1n) is 7.13. The number of carbonyl (C=O) groups excluding carboxylic acids is 1. The van der Waals surface area contributed by atoms with E-state index in [2.05, 4.69) is 22.2 Å². The van der Waals surface area contributed by atoms with Crippen LogP contribution in [0.5, 0.6) is 0 Å². The fourth-order valence-corrected chi connectivity index (χ4v) is 2.22. The number of hydrogen-bond donors (Lipinski definition) is 3. The normalized spacial score (nSPS) is 11.6. The Balaban J connectivity index is 1.92. The maximum atomic E-state index is 11.7. The fourth-order valence-electron chi connectivity index (χ4n) is 1.96. The highest BCUT2D eigenvalue weighted by molar-refractivity contribution is 6.31. The minimum atomic E-state index is -0.749. The van der Waals surface area contributed by atoms with Gasteiger partial charge in [-0.25, -0.2) is 4.98 Å². The molecule has 0 saturated heterocycles. The first kappa shape index (κ1) is 17.0. The summed E-state index contributed by atoms with van der Waals surface area (Å²) in [6.45, 7) is 4.21. The monoisotopic (exact) mass is 331 g/mol. The first-order chi connectivity index (χ1) is 11.1. The lowest BCUT2D eigenvalue weighted by Gasteiger charge is -2.14. The molecule has 0 aliphatic heterocycles. The molecule has 0 spiro atoms. The zero-order chi connectivity index (χ0) is 16.7. The number of nitrogens with one attached hydrogen (secondary N) is 2. The van der Waals surface area contributed by atoms with E-state index in [1.54, 1.807) is 30.3 Å². The Kier molecular flexibility index (Phi) is 6.14. The molecule has 120 valence electrons. The third-order valence-electron chi connectivity index (χ3n) is 3.17. The van der Waals surface area contributed by atoms with Crippen molar-refractivity contribution in [2.45, 2.75) is 6.10 Å². The average molecular weight is 332 g/mol. The second-order valence-corrected chi connectivity index (χ2v) is 5.26. The van der Waals surface area contributed by atoms with Gasteiger partial charge in [0, 0.05) is 29.9 Å². The van der Waals surface area contributed by atoms with Crippen molar-refractivity contribution in [1.29, 1.82) is 0 Å². The molecule has 2 rings (SSSR count). The van der Waals surface area contributed by atoms with Gasteiger partial charge in [0.1, 0.15) is 5.82 Å². The number of carbonyl (C=O) groups is 1. The lowest BCUT2D eigenvalue weighted by atomic mass is 10.1. The lowest BCUT2D eigenvalue weighted by Crippen LogP contribution is -2.23. The summed E-state index contributed by atoms with van der Waals surface area (Å²) in [5.41, 5.74) is 1.12. The Morgan fingerprint density at radius 3 is 2.78 bits per heavy atom. The Hall–Kier alpha value is -2.37. The zero-order valence-electron chi connectivity index (χ0n) is 12.5. The lowest BCUT2D eigenvalue weighted by molar-refractivity contribution is 0.0957. The number of anilines is 1. The molecule has 6 heteroatoms. The number of benzene rings is 1. The number of halogens is 1. The van der Waals surface area contributed by atoms with Gasteiger partial charge in [0.2, 0.25) is 0 Å². The maximum Gasteiger partial charge on any atom is 0.253 e. The van der Waals surface area contributed by atoms with Crippen LogP contribution in [0.2, 0.25) is 5.02 Å². The van der Waals surface area contributed by atoms with Gasteiger partial charge in [0.15, 0.2) is 0 Å². The van der Waals surface area contributed by atoms with Gasteiger partial charge in [-0.3, -0.25) is 4.79 Å². The van der Waals surface area contributed by atoms with Crippen molar-refractivity contribution in [3.05, 3.63) is 71.4 Å². The summed E-state index contributed by atoms with van der Waals surface area (Å²) in [6, 6.07) is 10.5. The first-order valence-corrected chi connectivity index (χ1v) is 7.51. The highest BCUT2D eigenvalue weighted by atomic mass is 35.5. The van der Waals surface area contributed by atoms with Crippen LogP contribution in [0, 0.1) is 0 Å².